The second-order valence-electron chi connectivity index (χ2n) is 3.34. The van der Waals surface area contributed by atoms with Gasteiger partial charge in [-0.25, -0.2) is 4.98 Å². The lowest BCUT2D eigenvalue weighted by molar-refractivity contribution is -0.297. The highest BCUT2D eigenvalue weighted by Crippen LogP contribution is 2.35. The maximum atomic E-state index is 12.5. The molecule has 0 aliphatic rings. The van der Waals surface area contributed by atoms with Gasteiger partial charge in [-0.2, -0.15) is 22.0 Å². The van der Waals surface area contributed by atoms with E-state index >= 15 is 0 Å². The number of hydrogen-bond donors (Lipinski definition) is 1. The van der Waals surface area contributed by atoms with E-state index in [1.54, 1.807) is 7.05 Å². The molecule has 0 atom stereocenters. The van der Waals surface area contributed by atoms with E-state index in [9.17, 15) is 22.0 Å². The summed E-state index contributed by atoms with van der Waals surface area (Å²) >= 11 is 0. The quantitative estimate of drug-likeness (QED) is 0.834. The third kappa shape index (κ3) is 3.76. The largest absolute Gasteiger partial charge is 0.455 e. The number of anilines is 1. The van der Waals surface area contributed by atoms with Crippen molar-refractivity contribution in [2.24, 2.45) is 0 Å². The summed E-state index contributed by atoms with van der Waals surface area (Å²) in [5.74, 6) is -4.43. The molecule has 1 rings (SSSR count). The Bertz CT molecular complexity index is 379. The Labute approximate surface area is 99.2 Å². The Balaban J connectivity index is 2.46. The number of nitrogens with one attached hydrogen (secondary N) is 1. The maximum Gasteiger partial charge on any atom is 0.455 e. The van der Waals surface area contributed by atoms with Gasteiger partial charge in [0.05, 0.1) is 24.7 Å². The molecule has 1 aromatic rings. The first-order chi connectivity index (χ1) is 8.26. The topological polar surface area (TPSA) is 47.0 Å². The zero-order valence-electron chi connectivity index (χ0n) is 9.26. The van der Waals surface area contributed by atoms with E-state index in [-0.39, 0.29) is 5.69 Å². The van der Waals surface area contributed by atoms with Crippen LogP contribution in [0.3, 0.4) is 0 Å². The average molecular weight is 271 g/mol. The van der Waals surface area contributed by atoms with Gasteiger partial charge < -0.3 is 10.1 Å². The number of halogens is 5. The highest BCUT2D eigenvalue weighted by molar-refractivity contribution is 5.29. The summed E-state index contributed by atoms with van der Waals surface area (Å²) in [6.07, 6.45) is -3.09. The van der Waals surface area contributed by atoms with Gasteiger partial charge in [0.25, 0.3) is 0 Å². The van der Waals surface area contributed by atoms with E-state index in [0.717, 1.165) is 0 Å². The highest BCUT2D eigenvalue weighted by Gasteiger charge is 2.57. The first-order valence-electron chi connectivity index (χ1n) is 4.77. The van der Waals surface area contributed by atoms with Crippen molar-refractivity contribution in [3.05, 3.63) is 18.1 Å². The number of aromatic nitrogens is 2. The average Bonchev–Trinajstić information content (AvgIpc) is 2.28. The second-order valence-corrected chi connectivity index (χ2v) is 3.34. The fraction of sp³-hybridized carbons (Fsp3) is 0.556. The van der Waals surface area contributed by atoms with Crippen molar-refractivity contribution >= 4 is 5.82 Å². The molecule has 1 N–H and O–H groups in total. The van der Waals surface area contributed by atoms with Crippen LogP contribution < -0.4 is 5.32 Å². The van der Waals surface area contributed by atoms with Crippen molar-refractivity contribution in [2.45, 2.75) is 18.7 Å². The lowest BCUT2D eigenvalue weighted by Gasteiger charge is -2.19. The second kappa shape index (κ2) is 5.42. The molecule has 0 saturated heterocycles. The third-order valence-corrected chi connectivity index (χ3v) is 1.91. The predicted molar refractivity (Wildman–Crippen MR) is 52.2 cm³/mol. The van der Waals surface area contributed by atoms with Crippen molar-refractivity contribution in [1.82, 2.24) is 9.97 Å². The summed E-state index contributed by atoms with van der Waals surface area (Å²) in [6.45, 7) is -2.21. The van der Waals surface area contributed by atoms with Crippen molar-refractivity contribution in [2.75, 3.05) is 19.0 Å². The minimum absolute atomic E-state index is 0.159. The first kappa shape index (κ1) is 14.6. The third-order valence-electron chi connectivity index (χ3n) is 1.91. The highest BCUT2D eigenvalue weighted by atomic mass is 19.4. The molecule has 1 heterocycles. The fourth-order valence-electron chi connectivity index (χ4n) is 0.924. The molecule has 0 aromatic carbocycles. The molecule has 18 heavy (non-hydrogen) atoms. The Hall–Kier alpha value is -1.51. The minimum atomic E-state index is -5.62. The summed E-state index contributed by atoms with van der Waals surface area (Å²) < 4.78 is 64.6. The number of hydrogen-bond acceptors (Lipinski definition) is 4. The minimum Gasteiger partial charge on any atom is -0.372 e. The van der Waals surface area contributed by atoms with E-state index in [4.69, 9.17) is 0 Å². The van der Waals surface area contributed by atoms with E-state index in [2.05, 4.69) is 20.0 Å². The molecule has 0 aliphatic carbocycles. The van der Waals surface area contributed by atoms with Gasteiger partial charge in [0.1, 0.15) is 12.4 Å². The number of ether oxygens (including phenoxy) is 1. The van der Waals surface area contributed by atoms with Gasteiger partial charge in [0, 0.05) is 7.05 Å². The molecule has 4 nitrogen and oxygen atoms in total. The van der Waals surface area contributed by atoms with Crippen molar-refractivity contribution < 1.29 is 26.7 Å². The van der Waals surface area contributed by atoms with Crippen LogP contribution in [-0.4, -0.2) is 35.7 Å². The summed E-state index contributed by atoms with van der Waals surface area (Å²) in [5.41, 5.74) is 0.159. The molecule has 0 fully saturated rings. The van der Waals surface area contributed by atoms with Gasteiger partial charge in [-0.1, -0.05) is 0 Å². The molecule has 0 saturated carbocycles. The van der Waals surface area contributed by atoms with Crippen LogP contribution in [0.15, 0.2) is 12.4 Å². The van der Waals surface area contributed by atoms with Gasteiger partial charge in [-0.15, -0.1) is 0 Å². The van der Waals surface area contributed by atoms with Gasteiger partial charge in [-0.05, 0) is 0 Å². The smallest absolute Gasteiger partial charge is 0.372 e. The van der Waals surface area contributed by atoms with Crippen LogP contribution in [0.25, 0.3) is 0 Å². The Morgan fingerprint density at radius 3 is 2.28 bits per heavy atom. The number of nitrogens with zero attached hydrogens (tertiary/aromatic N) is 2. The lowest BCUT2D eigenvalue weighted by Crippen LogP contribution is -2.40. The molecule has 0 spiro atoms. The van der Waals surface area contributed by atoms with Crippen LogP contribution >= 0.6 is 0 Å². The lowest BCUT2D eigenvalue weighted by atomic mass is 10.3. The number of alkyl halides is 5. The summed E-state index contributed by atoms with van der Waals surface area (Å²) in [6, 6.07) is 0. The summed E-state index contributed by atoms with van der Waals surface area (Å²) in [4.78, 5) is 7.55. The molecular weight excluding hydrogens is 261 g/mol. The maximum absolute atomic E-state index is 12.5. The van der Waals surface area contributed by atoms with Gasteiger partial charge in [-0.3, -0.25) is 4.98 Å². The van der Waals surface area contributed by atoms with Crippen LogP contribution in [0.4, 0.5) is 27.8 Å². The molecule has 1 aromatic heterocycles. The van der Waals surface area contributed by atoms with E-state index in [0.29, 0.717) is 5.82 Å². The molecule has 102 valence electrons. The molecule has 0 bridgehead atoms. The van der Waals surface area contributed by atoms with Crippen LogP contribution in [-0.2, 0) is 11.3 Å². The molecule has 0 radical (unpaired) electrons. The van der Waals surface area contributed by atoms with E-state index in [1.165, 1.54) is 12.4 Å². The predicted octanol–water partition coefficient (Wildman–Crippen LogP) is 2.23. The van der Waals surface area contributed by atoms with Crippen LogP contribution in [0.5, 0.6) is 0 Å². The Morgan fingerprint density at radius 2 is 1.83 bits per heavy atom. The van der Waals surface area contributed by atoms with Gasteiger partial charge in [0.15, 0.2) is 0 Å². The van der Waals surface area contributed by atoms with Gasteiger partial charge in [0.2, 0.25) is 0 Å². The van der Waals surface area contributed by atoms with Crippen molar-refractivity contribution in [1.29, 1.82) is 0 Å². The monoisotopic (exact) mass is 271 g/mol. The standard InChI is InChI=1S/C9H10F5N3O/c1-15-7-3-16-6(2-17-7)4-18-5-8(10,11)9(12,13)14/h2-3H,4-5H2,1H3,(H,15,17). The van der Waals surface area contributed by atoms with Crippen LogP contribution in [0.2, 0.25) is 0 Å². The zero-order chi connectivity index (χ0) is 13.8. The fourth-order valence-corrected chi connectivity index (χ4v) is 0.924. The molecular formula is C9H10F5N3O. The molecule has 0 unspecified atom stereocenters. The van der Waals surface area contributed by atoms with E-state index < -0.39 is 25.3 Å². The molecule has 0 amide bonds. The number of rotatable bonds is 5. The van der Waals surface area contributed by atoms with Crippen molar-refractivity contribution in [3.63, 3.8) is 0 Å². The van der Waals surface area contributed by atoms with Crippen LogP contribution in [0.1, 0.15) is 5.69 Å². The van der Waals surface area contributed by atoms with Crippen molar-refractivity contribution in [3.8, 4) is 0 Å². The molecule has 9 heteroatoms. The normalized spacial score (nSPS) is 12.6. The zero-order valence-corrected chi connectivity index (χ0v) is 9.26. The first-order valence-corrected chi connectivity index (χ1v) is 4.77. The molecule has 0 aliphatic heterocycles. The SMILES string of the molecule is CNc1cnc(COCC(F)(F)C(F)(F)F)cn1. The summed E-state index contributed by atoms with van der Waals surface area (Å²) in [7, 11) is 1.60. The Morgan fingerprint density at radius 1 is 1.17 bits per heavy atom. The summed E-state index contributed by atoms with van der Waals surface area (Å²) in [5, 5.41) is 2.67. The van der Waals surface area contributed by atoms with E-state index in [1.807, 2.05) is 0 Å². The van der Waals surface area contributed by atoms with Crippen LogP contribution in [0, 0.1) is 0 Å². The Kier molecular flexibility index (Phi) is 4.38. The van der Waals surface area contributed by atoms with Gasteiger partial charge >= 0.3 is 12.1 Å².